The Kier molecular flexibility index (Phi) is 5.21. The summed E-state index contributed by atoms with van der Waals surface area (Å²) in [5.74, 6) is 0.250. The highest BCUT2D eigenvalue weighted by Crippen LogP contribution is 2.19. The van der Waals surface area contributed by atoms with Gasteiger partial charge in [-0.3, -0.25) is 9.36 Å². The second kappa shape index (κ2) is 7.56. The molecule has 0 bridgehead atoms. The van der Waals surface area contributed by atoms with E-state index in [1.807, 2.05) is 6.92 Å². The van der Waals surface area contributed by atoms with Crippen molar-refractivity contribution in [3.63, 3.8) is 0 Å². The summed E-state index contributed by atoms with van der Waals surface area (Å²) in [7, 11) is 1.29. The lowest BCUT2D eigenvalue weighted by atomic mass is 10.1. The molecule has 9 nitrogen and oxygen atoms in total. The fraction of sp³-hybridized carbons (Fsp3) is 0.312. The van der Waals surface area contributed by atoms with E-state index < -0.39 is 5.97 Å². The summed E-state index contributed by atoms with van der Waals surface area (Å²) in [4.78, 5) is 42.7. The second-order valence-electron chi connectivity index (χ2n) is 5.49. The van der Waals surface area contributed by atoms with Crippen LogP contribution in [0.5, 0.6) is 0 Å². The molecule has 2 heterocycles. The first-order chi connectivity index (χ1) is 12.5. The van der Waals surface area contributed by atoms with Crippen LogP contribution < -0.4 is 11.2 Å². The molecule has 2 aromatic heterocycles. The normalized spacial score (nSPS) is 11.0. The summed E-state index contributed by atoms with van der Waals surface area (Å²) in [5, 5.41) is 7.32. The molecule has 0 atom stereocenters. The fourth-order valence-electron chi connectivity index (χ4n) is 2.47. The first-order valence-electron chi connectivity index (χ1n) is 7.92. The molecule has 1 aromatic carbocycles. The van der Waals surface area contributed by atoms with Crippen molar-refractivity contribution < 1.29 is 9.53 Å². The van der Waals surface area contributed by atoms with Gasteiger partial charge in [-0.15, -0.1) is 5.10 Å². The molecule has 2 N–H and O–H groups in total. The van der Waals surface area contributed by atoms with Crippen LogP contribution in [-0.2, 0) is 17.0 Å². The number of nitrogens with one attached hydrogen (secondary N) is 2. The summed E-state index contributed by atoms with van der Waals surface area (Å²) in [6, 6.07) is 4.58. The first-order valence-corrected chi connectivity index (χ1v) is 8.91. The summed E-state index contributed by atoms with van der Waals surface area (Å²) in [5.41, 5.74) is 0.160. The van der Waals surface area contributed by atoms with Crippen LogP contribution in [-0.4, -0.2) is 37.8 Å². The molecule has 0 aliphatic rings. The van der Waals surface area contributed by atoms with Gasteiger partial charge in [-0.2, -0.15) is 0 Å². The van der Waals surface area contributed by atoms with Crippen LogP contribution in [0.15, 0.2) is 32.9 Å². The Morgan fingerprint density at radius 2 is 2.15 bits per heavy atom. The number of H-pyrrole nitrogens is 2. The van der Waals surface area contributed by atoms with Crippen molar-refractivity contribution >= 4 is 28.6 Å². The number of methoxy groups -OCH3 is 1. The maximum Gasteiger partial charge on any atom is 0.343 e. The third-order valence-corrected chi connectivity index (χ3v) is 4.67. The molecule has 0 saturated carbocycles. The van der Waals surface area contributed by atoms with Crippen LogP contribution >= 0.6 is 11.8 Å². The molecule has 0 fully saturated rings. The molecule has 136 valence electrons. The zero-order valence-electron chi connectivity index (χ0n) is 14.2. The van der Waals surface area contributed by atoms with Crippen molar-refractivity contribution in [3.05, 3.63) is 50.4 Å². The number of aromatic nitrogens is 5. The molecular weight excluding hydrogens is 358 g/mol. The quantitative estimate of drug-likeness (QED) is 0.492. The van der Waals surface area contributed by atoms with Crippen LogP contribution in [0, 0.1) is 0 Å². The highest BCUT2D eigenvalue weighted by Gasteiger charge is 2.12. The lowest BCUT2D eigenvalue weighted by Gasteiger charge is -2.05. The number of carbonyl (C=O) groups is 1. The zero-order chi connectivity index (χ0) is 18.7. The van der Waals surface area contributed by atoms with Gasteiger partial charge >= 0.3 is 11.7 Å². The molecular formula is C16H17N5O4S. The molecule has 26 heavy (non-hydrogen) atoms. The minimum Gasteiger partial charge on any atom is -0.465 e. The summed E-state index contributed by atoms with van der Waals surface area (Å²) in [6.07, 6.45) is 0.800. The van der Waals surface area contributed by atoms with Gasteiger partial charge in [-0.25, -0.2) is 19.7 Å². The molecule has 3 aromatic rings. The van der Waals surface area contributed by atoms with E-state index in [2.05, 4.69) is 24.9 Å². The molecule has 0 aliphatic carbocycles. The monoisotopic (exact) mass is 375 g/mol. The standard InChI is InChI=1S/C16H17N5O4S/c1-3-6-21-15(24)19-20-16(21)26-8-12-17-11-7-9(14(23)25-2)4-5-10(11)13(22)18-12/h4-5,7H,3,6,8H2,1-2H3,(H,19,24)(H,17,18,22). The number of thioether (sulfide) groups is 1. The van der Waals surface area contributed by atoms with Crippen molar-refractivity contribution in [2.75, 3.05) is 7.11 Å². The van der Waals surface area contributed by atoms with Crippen LogP contribution in [0.3, 0.4) is 0 Å². The number of esters is 1. The summed E-state index contributed by atoms with van der Waals surface area (Å²) < 4.78 is 6.23. The van der Waals surface area contributed by atoms with Gasteiger partial charge in [0.05, 0.1) is 29.3 Å². The van der Waals surface area contributed by atoms with E-state index in [4.69, 9.17) is 0 Å². The van der Waals surface area contributed by atoms with Gasteiger partial charge in [0, 0.05) is 6.54 Å². The average molecular weight is 375 g/mol. The van der Waals surface area contributed by atoms with Gasteiger partial charge in [0.25, 0.3) is 5.56 Å². The highest BCUT2D eigenvalue weighted by atomic mass is 32.2. The first kappa shape index (κ1) is 17.9. The van der Waals surface area contributed by atoms with Crippen molar-refractivity contribution in [1.29, 1.82) is 0 Å². The van der Waals surface area contributed by atoms with Gasteiger partial charge in [-0.1, -0.05) is 18.7 Å². The maximum atomic E-state index is 12.2. The minimum atomic E-state index is -0.495. The van der Waals surface area contributed by atoms with Crippen LogP contribution in [0.4, 0.5) is 0 Å². The van der Waals surface area contributed by atoms with Gasteiger partial charge < -0.3 is 9.72 Å². The molecule has 0 radical (unpaired) electrons. The summed E-state index contributed by atoms with van der Waals surface area (Å²) >= 11 is 1.29. The molecule has 0 saturated heterocycles. The van der Waals surface area contributed by atoms with Gasteiger partial charge in [-0.05, 0) is 24.6 Å². The SMILES string of the molecule is CCCn1c(SCc2nc3cc(C(=O)OC)ccc3c(=O)[nH]2)n[nH]c1=O. The van der Waals surface area contributed by atoms with E-state index in [9.17, 15) is 14.4 Å². The number of ether oxygens (including phenoxy) is 1. The smallest absolute Gasteiger partial charge is 0.343 e. The Bertz CT molecular complexity index is 1070. The van der Waals surface area contributed by atoms with E-state index in [1.54, 1.807) is 4.57 Å². The van der Waals surface area contributed by atoms with Crippen LogP contribution in [0.2, 0.25) is 0 Å². The number of hydrogen-bond donors (Lipinski definition) is 2. The third kappa shape index (κ3) is 3.54. The summed E-state index contributed by atoms with van der Waals surface area (Å²) in [6.45, 7) is 2.52. The highest BCUT2D eigenvalue weighted by molar-refractivity contribution is 7.98. The maximum absolute atomic E-state index is 12.2. The van der Waals surface area contributed by atoms with Gasteiger partial charge in [0.1, 0.15) is 5.82 Å². The largest absolute Gasteiger partial charge is 0.465 e. The zero-order valence-corrected chi connectivity index (χ0v) is 15.1. The van der Waals surface area contributed by atoms with E-state index >= 15 is 0 Å². The Morgan fingerprint density at radius 1 is 1.35 bits per heavy atom. The van der Waals surface area contributed by atoms with E-state index in [1.165, 1.54) is 37.1 Å². The lowest BCUT2D eigenvalue weighted by Crippen LogP contribution is -2.17. The predicted octanol–water partition coefficient (Wildman–Crippen LogP) is 1.30. The van der Waals surface area contributed by atoms with Crippen molar-refractivity contribution in [1.82, 2.24) is 24.7 Å². The molecule has 0 aliphatic heterocycles. The molecule has 0 amide bonds. The van der Waals surface area contributed by atoms with Gasteiger partial charge in [0.15, 0.2) is 5.16 Å². The number of nitrogens with zero attached hydrogens (tertiary/aromatic N) is 3. The lowest BCUT2D eigenvalue weighted by molar-refractivity contribution is 0.0601. The number of carbonyl (C=O) groups excluding carboxylic acids is 1. The van der Waals surface area contributed by atoms with Crippen molar-refractivity contribution in [3.8, 4) is 0 Å². The number of hydrogen-bond acceptors (Lipinski definition) is 7. The van der Waals surface area contributed by atoms with E-state index in [0.717, 1.165) is 6.42 Å². The Morgan fingerprint density at radius 3 is 2.88 bits per heavy atom. The van der Waals surface area contributed by atoms with E-state index in [-0.39, 0.29) is 11.2 Å². The van der Waals surface area contributed by atoms with Gasteiger partial charge in [0.2, 0.25) is 0 Å². The average Bonchev–Trinajstić information content (AvgIpc) is 2.99. The predicted molar refractivity (Wildman–Crippen MR) is 96.4 cm³/mol. The second-order valence-corrected chi connectivity index (χ2v) is 6.43. The minimum absolute atomic E-state index is 0.267. The van der Waals surface area contributed by atoms with Crippen molar-refractivity contribution in [2.24, 2.45) is 0 Å². The molecule has 0 spiro atoms. The molecule has 3 rings (SSSR count). The fourth-order valence-corrected chi connectivity index (χ4v) is 3.31. The number of fused-ring (bicyclic) bond motifs is 1. The van der Waals surface area contributed by atoms with Crippen molar-refractivity contribution in [2.45, 2.75) is 30.8 Å². The number of benzene rings is 1. The number of rotatable bonds is 6. The van der Waals surface area contributed by atoms with Crippen LogP contribution in [0.25, 0.3) is 10.9 Å². The topological polar surface area (TPSA) is 123 Å². The number of aromatic amines is 2. The Labute approximate surface area is 151 Å². The Hall–Kier alpha value is -2.88. The third-order valence-electron chi connectivity index (χ3n) is 3.69. The van der Waals surface area contributed by atoms with Crippen LogP contribution in [0.1, 0.15) is 29.5 Å². The Balaban J connectivity index is 1.90. The molecule has 0 unspecified atom stereocenters. The van der Waals surface area contributed by atoms with E-state index in [0.29, 0.717) is 39.7 Å². The molecule has 10 heteroatoms.